The predicted octanol–water partition coefficient (Wildman–Crippen LogP) is 4.39. The van der Waals surface area contributed by atoms with Crippen LogP contribution in [0.5, 0.6) is 11.5 Å². The quantitative estimate of drug-likeness (QED) is 0.747. The van der Waals surface area contributed by atoms with Crippen LogP contribution >= 0.6 is 28.1 Å². The fraction of sp³-hybridized carbons (Fsp3) is 0.316. The van der Waals surface area contributed by atoms with E-state index < -0.39 is 5.72 Å². The van der Waals surface area contributed by atoms with E-state index in [-0.39, 0.29) is 6.04 Å². The standard InChI is InChI=1S/C19H19BrN2O2S/c1-19-10-15(14-9-13(20)7-8-17(14)24-19)21-18(25)22(19)11-12-5-3-4-6-16(12)23-2/h3-9,15H,10-11H2,1-2H3,(H,21,25). The van der Waals surface area contributed by atoms with Gasteiger partial charge in [-0.05, 0) is 43.4 Å². The number of nitrogens with one attached hydrogen (secondary N) is 1. The van der Waals surface area contributed by atoms with Crippen LogP contribution in [0.15, 0.2) is 46.9 Å². The van der Waals surface area contributed by atoms with Crippen LogP contribution in [0.4, 0.5) is 0 Å². The maximum Gasteiger partial charge on any atom is 0.184 e. The van der Waals surface area contributed by atoms with E-state index in [1.807, 2.05) is 30.3 Å². The Kier molecular flexibility index (Phi) is 4.12. The van der Waals surface area contributed by atoms with Crippen molar-refractivity contribution in [2.75, 3.05) is 7.11 Å². The van der Waals surface area contributed by atoms with Crippen LogP contribution in [0.3, 0.4) is 0 Å². The molecule has 0 saturated carbocycles. The van der Waals surface area contributed by atoms with E-state index >= 15 is 0 Å². The van der Waals surface area contributed by atoms with E-state index in [0.29, 0.717) is 11.7 Å². The fourth-order valence-electron chi connectivity index (χ4n) is 3.63. The summed E-state index contributed by atoms with van der Waals surface area (Å²) < 4.78 is 12.9. The summed E-state index contributed by atoms with van der Waals surface area (Å²) in [5.74, 6) is 1.76. The van der Waals surface area contributed by atoms with E-state index in [2.05, 4.69) is 45.2 Å². The Labute approximate surface area is 161 Å². The van der Waals surface area contributed by atoms with Gasteiger partial charge in [-0.25, -0.2) is 0 Å². The lowest BCUT2D eigenvalue weighted by Crippen LogP contribution is -2.64. The van der Waals surface area contributed by atoms with Gasteiger partial charge in [0.05, 0.1) is 19.7 Å². The third-order valence-electron chi connectivity index (χ3n) is 4.89. The molecule has 2 aromatic carbocycles. The molecule has 4 rings (SSSR count). The first-order valence-corrected chi connectivity index (χ1v) is 9.39. The van der Waals surface area contributed by atoms with Crippen LogP contribution in [-0.4, -0.2) is 22.8 Å². The summed E-state index contributed by atoms with van der Waals surface area (Å²) in [6, 6.07) is 14.3. The highest BCUT2D eigenvalue weighted by Gasteiger charge is 2.47. The molecular weight excluding hydrogens is 400 g/mol. The van der Waals surface area contributed by atoms with Gasteiger partial charge in [-0.15, -0.1) is 0 Å². The summed E-state index contributed by atoms with van der Waals surface area (Å²) in [6.07, 6.45) is 0.825. The summed E-state index contributed by atoms with van der Waals surface area (Å²) in [5, 5.41) is 4.18. The molecule has 0 radical (unpaired) electrons. The zero-order valence-corrected chi connectivity index (χ0v) is 16.5. The predicted molar refractivity (Wildman–Crippen MR) is 105 cm³/mol. The Morgan fingerprint density at radius 2 is 2.16 bits per heavy atom. The minimum Gasteiger partial charge on any atom is -0.496 e. The van der Waals surface area contributed by atoms with Gasteiger partial charge in [0.25, 0.3) is 0 Å². The number of halogens is 1. The number of para-hydroxylation sites is 1. The van der Waals surface area contributed by atoms with Crippen LogP contribution in [0.2, 0.25) is 0 Å². The molecule has 4 nitrogen and oxygen atoms in total. The van der Waals surface area contributed by atoms with Gasteiger partial charge in [-0.3, -0.25) is 0 Å². The molecule has 2 heterocycles. The van der Waals surface area contributed by atoms with Gasteiger partial charge in [0.1, 0.15) is 11.5 Å². The third kappa shape index (κ3) is 2.87. The number of benzene rings is 2. The van der Waals surface area contributed by atoms with Crippen LogP contribution in [0, 0.1) is 0 Å². The number of hydrogen-bond acceptors (Lipinski definition) is 3. The second-order valence-electron chi connectivity index (χ2n) is 6.56. The zero-order chi connectivity index (χ0) is 17.6. The van der Waals surface area contributed by atoms with E-state index in [1.165, 1.54) is 0 Å². The van der Waals surface area contributed by atoms with Crippen molar-refractivity contribution in [1.82, 2.24) is 10.2 Å². The number of thiocarbonyl (C=S) groups is 1. The largest absolute Gasteiger partial charge is 0.496 e. The topological polar surface area (TPSA) is 33.7 Å². The maximum absolute atomic E-state index is 6.41. The lowest BCUT2D eigenvalue weighted by atomic mass is 9.90. The summed E-state index contributed by atoms with van der Waals surface area (Å²) in [4.78, 5) is 2.11. The third-order valence-corrected chi connectivity index (χ3v) is 5.73. The number of methoxy groups -OCH3 is 1. The highest BCUT2D eigenvalue weighted by Crippen LogP contribution is 2.45. The van der Waals surface area contributed by atoms with Crippen molar-refractivity contribution in [3.05, 3.63) is 58.1 Å². The average Bonchev–Trinajstić information content (AvgIpc) is 2.59. The first-order valence-electron chi connectivity index (χ1n) is 8.19. The molecule has 6 heteroatoms. The molecule has 2 aliphatic rings. The molecular formula is C19H19BrN2O2S. The number of rotatable bonds is 3. The maximum atomic E-state index is 6.41. The molecule has 2 aliphatic heterocycles. The van der Waals surface area contributed by atoms with Crippen molar-refractivity contribution in [3.8, 4) is 11.5 Å². The van der Waals surface area contributed by atoms with Crippen LogP contribution < -0.4 is 14.8 Å². The summed E-state index contributed by atoms with van der Waals surface area (Å²) in [6.45, 7) is 2.73. The number of ether oxygens (including phenoxy) is 2. The minimum absolute atomic E-state index is 0.160. The molecule has 0 aromatic heterocycles. The van der Waals surface area contributed by atoms with Crippen molar-refractivity contribution >= 4 is 33.3 Å². The Hall–Kier alpha value is -1.79. The lowest BCUT2D eigenvalue weighted by molar-refractivity contribution is -0.0724. The van der Waals surface area contributed by atoms with Crippen molar-refractivity contribution in [2.24, 2.45) is 0 Å². The first kappa shape index (κ1) is 16.7. The molecule has 2 aromatic rings. The van der Waals surface area contributed by atoms with E-state index in [1.54, 1.807) is 7.11 Å². The summed E-state index contributed by atoms with van der Waals surface area (Å²) >= 11 is 9.22. The Morgan fingerprint density at radius 1 is 1.36 bits per heavy atom. The monoisotopic (exact) mass is 418 g/mol. The summed E-state index contributed by atoms with van der Waals surface area (Å²) in [5.41, 5.74) is 1.74. The van der Waals surface area contributed by atoms with Crippen LogP contribution in [0.25, 0.3) is 0 Å². The Bertz CT molecular complexity index is 844. The van der Waals surface area contributed by atoms with Gasteiger partial charge in [0.2, 0.25) is 0 Å². The van der Waals surface area contributed by atoms with Crippen molar-refractivity contribution < 1.29 is 9.47 Å². The molecule has 1 fully saturated rings. The molecule has 0 spiro atoms. The molecule has 2 bridgehead atoms. The summed E-state index contributed by atoms with van der Waals surface area (Å²) in [7, 11) is 1.69. The highest BCUT2D eigenvalue weighted by molar-refractivity contribution is 9.10. The number of hydrogen-bond donors (Lipinski definition) is 1. The van der Waals surface area contributed by atoms with E-state index in [4.69, 9.17) is 21.7 Å². The van der Waals surface area contributed by atoms with Crippen molar-refractivity contribution in [1.29, 1.82) is 0 Å². The van der Waals surface area contributed by atoms with Gasteiger partial charge in [-0.2, -0.15) is 0 Å². The van der Waals surface area contributed by atoms with Crippen LogP contribution in [-0.2, 0) is 6.54 Å². The number of fused-ring (bicyclic) bond motifs is 4. The van der Waals surface area contributed by atoms with Gasteiger partial charge in [0, 0.05) is 22.0 Å². The Morgan fingerprint density at radius 3 is 2.96 bits per heavy atom. The minimum atomic E-state index is -0.491. The molecule has 2 unspecified atom stereocenters. The van der Waals surface area contributed by atoms with Crippen LogP contribution in [0.1, 0.15) is 30.5 Å². The van der Waals surface area contributed by atoms with Gasteiger partial charge in [-0.1, -0.05) is 34.1 Å². The Balaban J connectivity index is 1.69. The molecule has 2 atom stereocenters. The number of nitrogens with zero attached hydrogens (tertiary/aromatic N) is 1. The molecule has 130 valence electrons. The lowest BCUT2D eigenvalue weighted by Gasteiger charge is -2.52. The molecule has 0 aliphatic carbocycles. The van der Waals surface area contributed by atoms with Crippen molar-refractivity contribution in [2.45, 2.75) is 31.7 Å². The van der Waals surface area contributed by atoms with Crippen molar-refractivity contribution in [3.63, 3.8) is 0 Å². The zero-order valence-electron chi connectivity index (χ0n) is 14.1. The molecule has 1 saturated heterocycles. The second-order valence-corrected chi connectivity index (χ2v) is 7.87. The molecule has 0 amide bonds. The average molecular weight is 419 g/mol. The fourth-order valence-corrected chi connectivity index (χ4v) is 4.41. The van der Waals surface area contributed by atoms with E-state index in [9.17, 15) is 0 Å². The first-order chi connectivity index (χ1) is 12.0. The van der Waals surface area contributed by atoms with Gasteiger partial charge in [0.15, 0.2) is 10.8 Å². The van der Waals surface area contributed by atoms with Gasteiger partial charge < -0.3 is 19.7 Å². The normalized spacial score (nSPS) is 24.2. The smallest absolute Gasteiger partial charge is 0.184 e. The highest BCUT2D eigenvalue weighted by atomic mass is 79.9. The molecule has 25 heavy (non-hydrogen) atoms. The van der Waals surface area contributed by atoms with E-state index in [0.717, 1.165) is 33.5 Å². The second kappa shape index (κ2) is 6.18. The van der Waals surface area contributed by atoms with Gasteiger partial charge >= 0.3 is 0 Å². The SMILES string of the molecule is COc1ccccc1CN1C(=S)NC2CC1(C)Oc1ccc(Br)cc12. The molecule has 1 N–H and O–H groups in total.